The molecule has 2 rings (SSSR count). The summed E-state index contributed by atoms with van der Waals surface area (Å²) in [6, 6.07) is 12.3. The third-order valence-electron chi connectivity index (χ3n) is 3.36. The average molecular weight is 285 g/mol. The fourth-order valence-corrected chi connectivity index (χ4v) is 2.10. The Morgan fingerprint density at radius 2 is 2.10 bits per heavy atom. The van der Waals surface area contributed by atoms with E-state index in [1.165, 1.54) is 5.56 Å². The number of pyridine rings is 1. The van der Waals surface area contributed by atoms with Gasteiger partial charge in [0.15, 0.2) is 0 Å². The van der Waals surface area contributed by atoms with Crippen LogP contribution in [0.5, 0.6) is 5.75 Å². The first-order valence-electron chi connectivity index (χ1n) is 7.22. The molecule has 0 saturated carbocycles. The maximum atomic E-state index is 5.26. The van der Waals surface area contributed by atoms with Crippen LogP contribution in [0.3, 0.4) is 0 Å². The molecule has 0 aliphatic rings. The fraction of sp³-hybridized carbons (Fsp3) is 0.353. The number of ether oxygens (including phenoxy) is 1. The zero-order valence-electron chi connectivity index (χ0n) is 13.0. The first kappa shape index (κ1) is 15.3. The van der Waals surface area contributed by atoms with Crippen molar-refractivity contribution in [2.24, 2.45) is 0 Å². The predicted octanol–water partition coefficient (Wildman–Crippen LogP) is 2.84. The van der Waals surface area contributed by atoms with Crippen molar-refractivity contribution < 1.29 is 4.74 Å². The van der Waals surface area contributed by atoms with Crippen molar-refractivity contribution in [2.45, 2.75) is 20.0 Å². The SMILES string of the molecule is CCNCc1ccc(CN(C)c2cccc(OC)c2)nc1. The molecular formula is C17H23N3O. The number of anilines is 1. The van der Waals surface area contributed by atoms with Gasteiger partial charge in [-0.05, 0) is 30.3 Å². The van der Waals surface area contributed by atoms with E-state index in [9.17, 15) is 0 Å². The second kappa shape index (κ2) is 7.64. The molecule has 0 bridgehead atoms. The summed E-state index contributed by atoms with van der Waals surface area (Å²) < 4.78 is 5.26. The molecule has 112 valence electrons. The highest BCUT2D eigenvalue weighted by Gasteiger charge is 2.04. The summed E-state index contributed by atoms with van der Waals surface area (Å²) in [4.78, 5) is 6.69. The highest BCUT2D eigenvalue weighted by molar-refractivity contribution is 5.50. The van der Waals surface area contributed by atoms with Crippen LogP contribution in [0.25, 0.3) is 0 Å². The maximum absolute atomic E-state index is 5.26. The summed E-state index contributed by atoms with van der Waals surface area (Å²) in [7, 11) is 3.74. The Balaban J connectivity index is 1.99. The smallest absolute Gasteiger partial charge is 0.120 e. The van der Waals surface area contributed by atoms with Gasteiger partial charge < -0.3 is 15.0 Å². The molecule has 2 aromatic rings. The van der Waals surface area contributed by atoms with Gasteiger partial charge in [-0.3, -0.25) is 4.98 Å². The number of nitrogens with zero attached hydrogens (tertiary/aromatic N) is 2. The van der Waals surface area contributed by atoms with Gasteiger partial charge in [-0.25, -0.2) is 0 Å². The summed E-state index contributed by atoms with van der Waals surface area (Å²) in [6.07, 6.45) is 1.94. The van der Waals surface area contributed by atoms with E-state index in [1.807, 2.05) is 24.4 Å². The molecule has 0 aliphatic carbocycles. The van der Waals surface area contributed by atoms with Crippen LogP contribution in [0.1, 0.15) is 18.2 Å². The van der Waals surface area contributed by atoms with Crippen LogP contribution in [0, 0.1) is 0 Å². The molecule has 0 saturated heterocycles. The van der Waals surface area contributed by atoms with Crippen molar-refractivity contribution in [2.75, 3.05) is 25.6 Å². The molecule has 21 heavy (non-hydrogen) atoms. The molecule has 0 amide bonds. The van der Waals surface area contributed by atoms with Gasteiger partial charge in [0, 0.05) is 31.5 Å². The van der Waals surface area contributed by atoms with E-state index in [-0.39, 0.29) is 0 Å². The van der Waals surface area contributed by atoms with Crippen LogP contribution in [0.15, 0.2) is 42.6 Å². The Hall–Kier alpha value is -2.07. The highest BCUT2D eigenvalue weighted by Crippen LogP contribution is 2.21. The lowest BCUT2D eigenvalue weighted by Crippen LogP contribution is -2.17. The molecule has 1 aromatic carbocycles. The first-order chi connectivity index (χ1) is 10.2. The number of benzene rings is 1. The Labute approximate surface area is 126 Å². The molecule has 0 spiro atoms. The first-order valence-corrected chi connectivity index (χ1v) is 7.22. The van der Waals surface area contributed by atoms with E-state index in [0.29, 0.717) is 0 Å². The van der Waals surface area contributed by atoms with E-state index in [0.717, 1.165) is 36.8 Å². The lowest BCUT2D eigenvalue weighted by atomic mass is 10.2. The molecule has 0 atom stereocenters. The van der Waals surface area contributed by atoms with Crippen molar-refractivity contribution in [3.8, 4) is 5.75 Å². The topological polar surface area (TPSA) is 37.4 Å². The molecule has 0 radical (unpaired) electrons. The Kier molecular flexibility index (Phi) is 5.58. The summed E-state index contributed by atoms with van der Waals surface area (Å²) in [5.41, 5.74) is 3.39. The van der Waals surface area contributed by atoms with Crippen LogP contribution in [0.2, 0.25) is 0 Å². The molecule has 0 fully saturated rings. The monoisotopic (exact) mass is 285 g/mol. The normalized spacial score (nSPS) is 10.4. The van der Waals surface area contributed by atoms with E-state index in [4.69, 9.17) is 4.74 Å². The van der Waals surface area contributed by atoms with Gasteiger partial charge in [0.1, 0.15) is 5.75 Å². The lowest BCUT2D eigenvalue weighted by Gasteiger charge is -2.19. The Morgan fingerprint density at radius 3 is 2.76 bits per heavy atom. The molecule has 0 unspecified atom stereocenters. The molecule has 1 heterocycles. The summed E-state index contributed by atoms with van der Waals surface area (Å²) in [6.45, 7) is 4.72. The Morgan fingerprint density at radius 1 is 1.24 bits per heavy atom. The quantitative estimate of drug-likeness (QED) is 0.849. The van der Waals surface area contributed by atoms with Gasteiger partial charge in [0.2, 0.25) is 0 Å². The van der Waals surface area contributed by atoms with E-state index >= 15 is 0 Å². The van der Waals surface area contributed by atoms with Gasteiger partial charge >= 0.3 is 0 Å². The minimum Gasteiger partial charge on any atom is -0.497 e. The molecule has 1 N–H and O–H groups in total. The van der Waals surface area contributed by atoms with Crippen molar-refractivity contribution >= 4 is 5.69 Å². The second-order valence-corrected chi connectivity index (χ2v) is 5.00. The molecule has 4 heteroatoms. The number of rotatable bonds is 7. The van der Waals surface area contributed by atoms with Crippen LogP contribution in [0.4, 0.5) is 5.69 Å². The molecular weight excluding hydrogens is 262 g/mol. The van der Waals surface area contributed by atoms with Gasteiger partial charge in [0.05, 0.1) is 19.3 Å². The average Bonchev–Trinajstić information content (AvgIpc) is 2.54. The largest absolute Gasteiger partial charge is 0.497 e. The second-order valence-electron chi connectivity index (χ2n) is 5.00. The zero-order chi connectivity index (χ0) is 15.1. The number of hydrogen-bond acceptors (Lipinski definition) is 4. The lowest BCUT2D eigenvalue weighted by molar-refractivity contribution is 0.415. The van der Waals surface area contributed by atoms with Gasteiger partial charge in [-0.15, -0.1) is 0 Å². The van der Waals surface area contributed by atoms with Gasteiger partial charge in [0.25, 0.3) is 0 Å². The molecule has 1 aromatic heterocycles. The number of nitrogens with one attached hydrogen (secondary N) is 1. The van der Waals surface area contributed by atoms with Crippen molar-refractivity contribution in [3.63, 3.8) is 0 Å². The Bertz CT molecular complexity index is 554. The summed E-state index contributed by atoms with van der Waals surface area (Å²) in [5, 5.41) is 3.30. The van der Waals surface area contributed by atoms with E-state index in [1.54, 1.807) is 7.11 Å². The maximum Gasteiger partial charge on any atom is 0.120 e. The van der Waals surface area contributed by atoms with Gasteiger partial charge in [-0.1, -0.05) is 19.1 Å². The molecule has 4 nitrogen and oxygen atoms in total. The third kappa shape index (κ3) is 4.46. The minimum absolute atomic E-state index is 0.772. The van der Waals surface area contributed by atoms with Crippen LogP contribution in [-0.4, -0.2) is 25.7 Å². The van der Waals surface area contributed by atoms with Crippen molar-refractivity contribution in [1.29, 1.82) is 0 Å². The third-order valence-corrected chi connectivity index (χ3v) is 3.36. The van der Waals surface area contributed by atoms with Crippen molar-refractivity contribution in [1.82, 2.24) is 10.3 Å². The summed E-state index contributed by atoms with van der Waals surface area (Å²) in [5.74, 6) is 0.869. The van der Waals surface area contributed by atoms with E-state index < -0.39 is 0 Å². The fourth-order valence-electron chi connectivity index (χ4n) is 2.10. The standard InChI is InChI=1S/C17H23N3O/c1-4-18-11-14-8-9-15(19-12-14)13-20(2)16-6-5-7-17(10-16)21-3/h5-10,12,18H,4,11,13H2,1-3H3. The van der Waals surface area contributed by atoms with Crippen molar-refractivity contribution in [3.05, 3.63) is 53.9 Å². The summed E-state index contributed by atoms with van der Waals surface area (Å²) >= 11 is 0. The number of methoxy groups -OCH3 is 1. The van der Waals surface area contributed by atoms with E-state index in [2.05, 4.69) is 47.4 Å². The van der Waals surface area contributed by atoms with Crippen LogP contribution in [-0.2, 0) is 13.1 Å². The zero-order valence-corrected chi connectivity index (χ0v) is 13.0. The minimum atomic E-state index is 0.772. The highest BCUT2D eigenvalue weighted by atomic mass is 16.5. The predicted molar refractivity (Wildman–Crippen MR) is 86.7 cm³/mol. The number of aromatic nitrogens is 1. The van der Waals surface area contributed by atoms with Gasteiger partial charge in [-0.2, -0.15) is 0 Å². The van der Waals surface area contributed by atoms with Crippen LogP contribution >= 0.6 is 0 Å². The number of hydrogen-bond donors (Lipinski definition) is 1. The van der Waals surface area contributed by atoms with Crippen LogP contribution < -0.4 is 15.0 Å². The molecule has 0 aliphatic heterocycles.